The molecule has 0 heterocycles. The lowest BCUT2D eigenvalue weighted by Gasteiger charge is -2.05. The molecule has 0 aliphatic rings. The number of anilines is 1. The van der Waals surface area contributed by atoms with Crippen LogP contribution in [-0.4, -0.2) is 0 Å². The quantitative estimate of drug-likeness (QED) is 0.623. The predicted octanol–water partition coefficient (Wildman–Crippen LogP) is 2.51. The van der Waals surface area contributed by atoms with Crippen LogP contribution in [0.4, 0.5) is 14.5 Å². The van der Waals surface area contributed by atoms with Crippen molar-refractivity contribution in [2.75, 3.05) is 5.73 Å². The van der Waals surface area contributed by atoms with Gasteiger partial charge in [0.05, 0.1) is 0 Å². The number of nitrogens with two attached hydrogens (primary N) is 1. The summed E-state index contributed by atoms with van der Waals surface area (Å²) < 4.78 is 24.3. The molecular formula is C8H9F2N. The minimum atomic E-state index is -2.43. The second kappa shape index (κ2) is 2.86. The average molecular weight is 157 g/mol. The van der Waals surface area contributed by atoms with E-state index in [9.17, 15) is 8.78 Å². The lowest BCUT2D eigenvalue weighted by molar-refractivity contribution is 0.150. The van der Waals surface area contributed by atoms with Crippen molar-refractivity contribution in [1.29, 1.82) is 0 Å². The topological polar surface area (TPSA) is 26.0 Å². The van der Waals surface area contributed by atoms with Gasteiger partial charge in [0.1, 0.15) is 0 Å². The Hall–Kier alpha value is -1.12. The Balaban J connectivity index is 3.17. The zero-order chi connectivity index (χ0) is 8.43. The van der Waals surface area contributed by atoms with Crippen molar-refractivity contribution in [3.8, 4) is 0 Å². The third-order valence-corrected chi connectivity index (χ3v) is 1.65. The molecule has 0 amide bonds. The van der Waals surface area contributed by atoms with Crippen molar-refractivity contribution in [2.24, 2.45) is 0 Å². The van der Waals surface area contributed by atoms with Crippen LogP contribution in [0.1, 0.15) is 17.6 Å². The first-order valence-electron chi connectivity index (χ1n) is 3.26. The van der Waals surface area contributed by atoms with Crippen molar-refractivity contribution in [1.82, 2.24) is 0 Å². The summed E-state index contributed by atoms with van der Waals surface area (Å²) in [6.07, 6.45) is -2.43. The Morgan fingerprint density at radius 1 is 1.36 bits per heavy atom. The molecule has 0 atom stereocenters. The van der Waals surface area contributed by atoms with Gasteiger partial charge in [-0.3, -0.25) is 0 Å². The molecule has 0 aliphatic heterocycles. The summed E-state index contributed by atoms with van der Waals surface area (Å²) in [6, 6.07) is 4.53. The Kier molecular flexibility index (Phi) is 2.08. The number of benzene rings is 1. The van der Waals surface area contributed by atoms with Crippen molar-refractivity contribution in [3.05, 3.63) is 29.3 Å². The van der Waals surface area contributed by atoms with Gasteiger partial charge in [0.15, 0.2) is 0 Å². The maximum absolute atomic E-state index is 12.2. The minimum Gasteiger partial charge on any atom is -0.399 e. The van der Waals surface area contributed by atoms with Crippen LogP contribution in [-0.2, 0) is 0 Å². The van der Waals surface area contributed by atoms with Crippen molar-refractivity contribution >= 4 is 5.69 Å². The van der Waals surface area contributed by atoms with Gasteiger partial charge in [-0.15, -0.1) is 0 Å². The van der Waals surface area contributed by atoms with E-state index in [1.165, 1.54) is 12.1 Å². The Bertz CT molecular complexity index is 258. The second-order valence-electron chi connectivity index (χ2n) is 2.36. The summed E-state index contributed by atoms with van der Waals surface area (Å²) in [4.78, 5) is 0. The van der Waals surface area contributed by atoms with E-state index in [4.69, 9.17) is 5.73 Å². The van der Waals surface area contributed by atoms with E-state index in [1.54, 1.807) is 13.0 Å². The second-order valence-corrected chi connectivity index (χ2v) is 2.36. The highest BCUT2D eigenvalue weighted by molar-refractivity contribution is 5.50. The molecule has 0 saturated heterocycles. The number of rotatable bonds is 1. The van der Waals surface area contributed by atoms with Gasteiger partial charge in [-0.25, -0.2) is 8.78 Å². The number of alkyl halides is 2. The molecule has 1 aromatic rings. The van der Waals surface area contributed by atoms with E-state index >= 15 is 0 Å². The predicted molar refractivity (Wildman–Crippen MR) is 40.5 cm³/mol. The summed E-state index contributed by atoms with van der Waals surface area (Å²) in [7, 11) is 0. The first-order valence-corrected chi connectivity index (χ1v) is 3.26. The lowest BCUT2D eigenvalue weighted by atomic mass is 10.1. The number of hydrogen-bond donors (Lipinski definition) is 1. The van der Waals surface area contributed by atoms with Gasteiger partial charge in [-0.1, -0.05) is 12.1 Å². The molecule has 3 heteroatoms. The monoisotopic (exact) mass is 157 g/mol. The maximum atomic E-state index is 12.2. The molecule has 0 unspecified atom stereocenters. The van der Waals surface area contributed by atoms with E-state index in [2.05, 4.69) is 0 Å². The number of halogens is 2. The highest BCUT2D eigenvalue weighted by Gasteiger charge is 2.10. The first-order chi connectivity index (χ1) is 5.13. The van der Waals surface area contributed by atoms with Crippen molar-refractivity contribution in [3.63, 3.8) is 0 Å². The standard InChI is InChI=1S/C8H9F2N/c1-5-6(8(9)10)3-2-4-7(5)11/h2-4,8H,11H2,1H3. The van der Waals surface area contributed by atoms with Gasteiger partial charge in [0.25, 0.3) is 6.43 Å². The molecule has 0 fully saturated rings. The molecule has 60 valence electrons. The van der Waals surface area contributed by atoms with Crippen LogP contribution in [0.2, 0.25) is 0 Å². The molecule has 0 saturated carbocycles. The minimum absolute atomic E-state index is 0.0185. The molecular weight excluding hydrogens is 148 g/mol. The maximum Gasteiger partial charge on any atom is 0.264 e. The number of hydrogen-bond acceptors (Lipinski definition) is 1. The SMILES string of the molecule is Cc1c(N)cccc1C(F)F. The molecule has 0 aromatic heterocycles. The molecule has 1 nitrogen and oxygen atoms in total. The van der Waals surface area contributed by atoms with Crippen LogP contribution >= 0.6 is 0 Å². The van der Waals surface area contributed by atoms with Crippen LogP contribution < -0.4 is 5.73 Å². The molecule has 11 heavy (non-hydrogen) atoms. The summed E-state index contributed by atoms with van der Waals surface area (Å²) in [5.41, 5.74) is 6.34. The Morgan fingerprint density at radius 2 is 2.00 bits per heavy atom. The fourth-order valence-corrected chi connectivity index (χ4v) is 0.909. The summed E-state index contributed by atoms with van der Waals surface area (Å²) >= 11 is 0. The van der Waals surface area contributed by atoms with E-state index in [-0.39, 0.29) is 5.56 Å². The van der Waals surface area contributed by atoms with Gasteiger partial charge in [-0.05, 0) is 18.6 Å². The Labute approximate surface area is 63.8 Å². The lowest BCUT2D eigenvalue weighted by Crippen LogP contribution is -1.95. The van der Waals surface area contributed by atoms with Crippen LogP contribution in [0.25, 0.3) is 0 Å². The van der Waals surface area contributed by atoms with Crippen LogP contribution in [0.5, 0.6) is 0 Å². The summed E-state index contributed by atoms with van der Waals surface area (Å²) in [6.45, 7) is 1.59. The summed E-state index contributed by atoms with van der Waals surface area (Å²) in [5.74, 6) is 0. The normalized spacial score (nSPS) is 10.5. The summed E-state index contributed by atoms with van der Waals surface area (Å²) in [5, 5.41) is 0. The van der Waals surface area contributed by atoms with Gasteiger partial charge in [0.2, 0.25) is 0 Å². The fourth-order valence-electron chi connectivity index (χ4n) is 0.909. The highest BCUT2D eigenvalue weighted by Crippen LogP contribution is 2.25. The smallest absolute Gasteiger partial charge is 0.264 e. The molecule has 0 bridgehead atoms. The van der Waals surface area contributed by atoms with Gasteiger partial charge < -0.3 is 5.73 Å². The zero-order valence-corrected chi connectivity index (χ0v) is 6.14. The molecule has 2 N–H and O–H groups in total. The zero-order valence-electron chi connectivity index (χ0n) is 6.14. The van der Waals surface area contributed by atoms with Crippen molar-refractivity contribution < 1.29 is 8.78 Å². The Morgan fingerprint density at radius 3 is 2.45 bits per heavy atom. The number of nitrogen functional groups attached to an aromatic ring is 1. The molecule has 0 spiro atoms. The molecule has 0 radical (unpaired) electrons. The van der Waals surface area contributed by atoms with E-state index in [0.717, 1.165) is 0 Å². The highest BCUT2D eigenvalue weighted by atomic mass is 19.3. The molecule has 0 aliphatic carbocycles. The third-order valence-electron chi connectivity index (χ3n) is 1.65. The third kappa shape index (κ3) is 1.48. The average Bonchev–Trinajstić information content (AvgIpc) is 1.94. The van der Waals surface area contributed by atoms with Crippen LogP contribution in [0.3, 0.4) is 0 Å². The fraction of sp³-hybridized carbons (Fsp3) is 0.250. The van der Waals surface area contributed by atoms with Crippen LogP contribution in [0.15, 0.2) is 18.2 Å². The first kappa shape index (κ1) is 7.98. The van der Waals surface area contributed by atoms with Gasteiger partial charge >= 0.3 is 0 Å². The molecule has 1 rings (SSSR count). The van der Waals surface area contributed by atoms with Crippen molar-refractivity contribution in [2.45, 2.75) is 13.3 Å². The van der Waals surface area contributed by atoms with Crippen LogP contribution in [0, 0.1) is 6.92 Å². The largest absolute Gasteiger partial charge is 0.399 e. The van der Waals surface area contributed by atoms with E-state index in [0.29, 0.717) is 11.3 Å². The molecule has 1 aromatic carbocycles. The van der Waals surface area contributed by atoms with Gasteiger partial charge in [0, 0.05) is 11.3 Å². The van der Waals surface area contributed by atoms with E-state index < -0.39 is 6.43 Å². The van der Waals surface area contributed by atoms with E-state index in [1.807, 2.05) is 0 Å². The van der Waals surface area contributed by atoms with Gasteiger partial charge in [-0.2, -0.15) is 0 Å².